The normalized spacial score (nSPS) is 25.0. The van der Waals surface area contributed by atoms with Gasteiger partial charge in [0.2, 0.25) is 0 Å². The average molecular weight is 318 g/mol. The zero-order chi connectivity index (χ0) is 15.3. The lowest BCUT2D eigenvalue weighted by Crippen LogP contribution is -2.50. The highest BCUT2D eigenvalue weighted by molar-refractivity contribution is 7.87. The van der Waals surface area contributed by atoms with Crippen LogP contribution >= 0.6 is 0 Å². The molecule has 2 rings (SSSR count). The molecule has 2 aliphatic heterocycles. The van der Waals surface area contributed by atoms with Gasteiger partial charge in [-0.2, -0.15) is 12.7 Å². The van der Waals surface area contributed by atoms with E-state index in [1.165, 1.54) is 19.3 Å². The number of nitrogens with two attached hydrogens (primary N) is 1. The van der Waals surface area contributed by atoms with Gasteiger partial charge in [-0.25, -0.2) is 4.72 Å². The first-order valence-corrected chi connectivity index (χ1v) is 9.66. The Labute approximate surface area is 129 Å². The molecule has 1 atom stereocenters. The van der Waals surface area contributed by atoms with Gasteiger partial charge in [0.25, 0.3) is 10.2 Å². The van der Waals surface area contributed by atoms with Crippen LogP contribution in [0.2, 0.25) is 0 Å². The van der Waals surface area contributed by atoms with Crippen LogP contribution in [-0.2, 0) is 10.2 Å². The molecule has 0 bridgehead atoms. The van der Waals surface area contributed by atoms with Gasteiger partial charge in [0.15, 0.2) is 0 Å². The van der Waals surface area contributed by atoms with Gasteiger partial charge < -0.3 is 5.73 Å². The fourth-order valence-electron chi connectivity index (χ4n) is 3.19. The Morgan fingerprint density at radius 3 is 2.33 bits per heavy atom. The molecule has 0 aromatic heterocycles. The van der Waals surface area contributed by atoms with Crippen molar-refractivity contribution >= 4 is 10.2 Å². The predicted molar refractivity (Wildman–Crippen MR) is 85.2 cm³/mol. The Balaban J connectivity index is 1.78. The third kappa shape index (κ3) is 4.89. The Morgan fingerprint density at radius 1 is 1.14 bits per heavy atom. The minimum absolute atomic E-state index is 0.265. The second-order valence-corrected chi connectivity index (χ2v) is 8.13. The summed E-state index contributed by atoms with van der Waals surface area (Å²) in [6.07, 6.45) is 5.50. The molecule has 124 valence electrons. The topological polar surface area (TPSA) is 78.7 Å². The zero-order valence-electron chi connectivity index (χ0n) is 13.1. The molecule has 2 saturated heterocycles. The second-order valence-electron chi connectivity index (χ2n) is 6.38. The summed E-state index contributed by atoms with van der Waals surface area (Å²) in [7, 11) is -3.33. The maximum absolute atomic E-state index is 12.3. The van der Waals surface area contributed by atoms with E-state index in [0.29, 0.717) is 32.1 Å². The van der Waals surface area contributed by atoms with Crippen molar-refractivity contribution in [1.82, 2.24) is 13.9 Å². The number of hydrogen-bond acceptors (Lipinski definition) is 4. The van der Waals surface area contributed by atoms with Crippen LogP contribution in [0.25, 0.3) is 0 Å². The van der Waals surface area contributed by atoms with Crippen molar-refractivity contribution in [2.24, 2.45) is 11.7 Å². The standard InChI is InChI=1S/C14H30N4O2S/c1-13(17-7-3-2-4-8-17)12-16-21(19,20)18-9-5-14(11-15)6-10-18/h13-14,16H,2-12,15H2,1H3. The van der Waals surface area contributed by atoms with Crippen molar-refractivity contribution in [1.29, 1.82) is 0 Å². The Morgan fingerprint density at radius 2 is 1.76 bits per heavy atom. The molecule has 0 saturated carbocycles. The summed E-state index contributed by atoms with van der Waals surface area (Å²) in [4.78, 5) is 2.38. The fraction of sp³-hybridized carbons (Fsp3) is 1.00. The zero-order valence-corrected chi connectivity index (χ0v) is 13.9. The Bertz CT molecular complexity index is 401. The molecule has 0 aliphatic carbocycles. The van der Waals surface area contributed by atoms with Crippen LogP contribution in [0, 0.1) is 5.92 Å². The second kappa shape index (κ2) is 7.87. The van der Waals surface area contributed by atoms with Gasteiger partial charge in [0.05, 0.1) is 0 Å². The molecule has 0 radical (unpaired) electrons. The smallest absolute Gasteiger partial charge is 0.279 e. The SMILES string of the molecule is CC(CNS(=O)(=O)N1CCC(CN)CC1)N1CCCCC1. The predicted octanol–water partition coefficient (Wildman–Crippen LogP) is 0.366. The molecule has 1 unspecified atom stereocenters. The van der Waals surface area contributed by atoms with E-state index in [1.54, 1.807) is 4.31 Å². The molecule has 2 heterocycles. The van der Waals surface area contributed by atoms with E-state index in [2.05, 4.69) is 16.5 Å². The number of rotatable bonds is 6. The largest absolute Gasteiger partial charge is 0.330 e. The minimum atomic E-state index is -3.33. The van der Waals surface area contributed by atoms with Crippen molar-refractivity contribution in [2.45, 2.75) is 45.1 Å². The highest BCUT2D eigenvalue weighted by Crippen LogP contribution is 2.18. The molecule has 0 amide bonds. The van der Waals surface area contributed by atoms with E-state index in [4.69, 9.17) is 5.73 Å². The summed E-state index contributed by atoms with van der Waals surface area (Å²) in [5.41, 5.74) is 5.65. The Kier molecular flexibility index (Phi) is 6.43. The van der Waals surface area contributed by atoms with Gasteiger partial charge in [-0.1, -0.05) is 6.42 Å². The third-order valence-corrected chi connectivity index (χ3v) is 6.40. The minimum Gasteiger partial charge on any atom is -0.330 e. The van der Waals surface area contributed by atoms with Gasteiger partial charge >= 0.3 is 0 Å². The van der Waals surface area contributed by atoms with Gasteiger partial charge in [-0.05, 0) is 58.2 Å². The first kappa shape index (κ1) is 17.1. The van der Waals surface area contributed by atoms with Crippen LogP contribution in [0.4, 0.5) is 0 Å². The number of likely N-dealkylation sites (tertiary alicyclic amines) is 1. The van der Waals surface area contributed by atoms with E-state index < -0.39 is 10.2 Å². The lowest BCUT2D eigenvalue weighted by molar-refractivity contribution is 0.174. The van der Waals surface area contributed by atoms with Crippen LogP contribution in [-0.4, -0.2) is 62.9 Å². The quantitative estimate of drug-likeness (QED) is 0.741. The van der Waals surface area contributed by atoms with Crippen LogP contribution < -0.4 is 10.5 Å². The molecule has 21 heavy (non-hydrogen) atoms. The lowest BCUT2D eigenvalue weighted by Gasteiger charge is -2.34. The first-order chi connectivity index (χ1) is 10.0. The van der Waals surface area contributed by atoms with E-state index in [-0.39, 0.29) is 6.04 Å². The molecule has 0 spiro atoms. The number of nitrogens with zero attached hydrogens (tertiary/aromatic N) is 2. The third-order valence-electron chi connectivity index (χ3n) is 4.82. The van der Waals surface area contributed by atoms with Gasteiger partial charge in [0.1, 0.15) is 0 Å². The molecule has 2 fully saturated rings. The Hall–Kier alpha value is -0.210. The lowest BCUT2D eigenvalue weighted by atomic mass is 9.99. The average Bonchev–Trinajstić information content (AvgIpc) is 2.53. The fourth-order valence-corrected chi connectivity index (χ4v) is 4.52. The molecule has 2 aliphatic rings. The van der Waals surface area contributed by atoms with Crippen molar-refractivity contribution in [2.75, 3.05) is 39.3 Å². The summed E-state index contributed by atoms with van der Waals surface area (Å²) in [6, 6.07) is 0.265. The van der Waals surface area contributed by atoms with Crippen molar-refractivity contribution in [3.8, 4) is 0 Å². The van der Waals surface area contributed by atoms with Crippen LogP contribution in [0.3, 0.4) is 0 Å². The van der Waals surface area contributed by atoms with Crippen molar-refractivity contribution in [3.63, 3.8) is 0 Å². The summed E-state index contributed by atoms with van der Waals surface area (Å²) < 4.78 is 29.0. The van der Waals surface area contributed by atoms with Gasteiger partial charge in [-0.15, -0.1) is 0 Å². The highest BCUT2D eigenvalue weighted by atomic mass is 32.2. The van der Waals surface area contributed by atoms with Crippen LogP contribution in [0.5, 0.6) is 0 Å². The van der Waals surface area contributed by atoms with Crippen molar-refractivity contribution in [3.05, 3.63) is 0 Å². The molecular weight excluding hydrogens is 288 g/mol. The summed E-state index contributed by atoms with van der Waals surface area (Å²) in [5, 5.41) is 0. The monoisotopic (exact) mass is 318 g/mol. The first-order valence-electron chi connectivity index (χ1n) is 8.22. The van der Waals surface area contributed by atoms with Crippen molar-refractivity contribution < 1.29 is 8.42 Å². The van der Waals surface area contributed by atoms with Crippen LogP contribution in [0.15, 0.2) is 0 Å². The van der Waals surface area contributed by atoms with E-state index in [0.717, 1.165) is 25.9 Å². The van der Waals surface area contributed by atoms with E-state index in [9.17, 15) is 8.42 Å². The highest BCUT2D eigenvalue weighted by Gasteiger charge is 2.28. The number of piperidine rings is 2. The number of hydrogen-bond donors (Lipinski definition) is 2. The van der Waals surface area contributed by atoms with E-state index >= 15 is 0 Å². The molecule has 7 heteroatoms. The maximum atomic E-state index is 12.3. The summed E-state index contributed by atoms with van der Waals surface area (Å²) >= 11 is 0. The maximum Gasteiger partial charge on any atom is 0.279 e. The molecule has 0 aromatic rings. The summed E-state index contributed by atoms with van der Waals surface area (Å²) in [5.74, 6) is 0.476. The molecule has 3 N–H and O–H groups in total. The molecule has 0 aromatic carbocycles. The van der Waals surface area contributed by atoms with Gasteiger partial charge in [-0.3, -0.25) is 4.90 Å². The van der Waals surface area contributed by atoms with E-state index in [1.807, 2.05) is 0 Å². The molecule has 6 nitrogen and oxygen atoms in total. The van der Waals surface area contributed by atoms with Gasteiger partial charge in [0, 0.05) is 25.7 Å². The molecular formula is C14H30N4O2S. The van der Waals surface area contributed by atoms with Crippen LogP contribution in [0.1, 0.15) is 39.0 Å². The summed E-state index contributed by atoms with van der Waals surface area (Å²) in [6.45, 7) is 6.63. The number of nitrogens with one attached hydrogen (secondary N) is 1.